The molecule has 2 heterocycles. The topological polar surface area (TPSA) is 56.7 Å². The lowest BCUT2D eigenvalue weighted by Crippen LogP contribution is -2.16. The summed E-state index contributed by atoms with van der Waals surface area (Å²) in [7, 11) is 0. The number of rotatable bonds is 1. The lowest BCUT2D eigenvalue weighted by atomic mass is 10.1. The fourth-order valence-electron chi connectivity index (χ4n) is 1.77. The molecule has 13 heavy (non-hydrogen) atoms. The zero-order valence-corrected chi connectivity index (χ0v) is 8.20. The molecule has 0 aromatic carbocycles. The van der Waals surface area contributed by atoms with Gasteiger partial charge in [-0.3, -0.25) is 0 Å². The predicted molar refractivity (Wildman–Crippen MR) is 50.3 cm³/mol. The average Bonchev–Trinajstić information content (AvgIpc) is 2.49. The van der Waals surface area contributed by atoms with Crippen molar-refractivity contribution >= 4 is 0 Å². The summed E-state index contributed by atoms with van der Waals surface area (Å²) >= 11 is 0. The van der Waals surface area contributed by atoms with E-state index in [1.54, 1.807) is 0 Å². The second kappa shape index (κ2) is 3.10. The monoisotopic (exact) mass is 180 g/mol. The largest absolute Gasteiger partial charge is 0.321 e. The molecule has 1 aromatic rings. The molecule has 0 aliphatic carbocycles. The van der Waals surface area contributed by atoms with E-state index < -0.39 is 0 Å². The average molecular weight is 180 g/mol. The van der Waals surface area contributed by atoms with Gasteiger partial charge in [-0.25, -0.2) is 9.67 Å². The van der Waals surface area contributed by atoms with Gasteiger partial charge in [0.05, 0.1) is 12.1 Å². The Hall–Kier alpha value is -0.900. The summed E-state index contributed by atoms with van der Waals surface area (Å²) in [5, 5.41) is 4.41. The van der Waals surface area contributed by atoms with Gasteiger partial charge in [0, 0.05) is 6.42 Å². The maximum absolute atomic E-state index is 5.73. The predicted octanol–water partition coefficient (Wildman–Crippen LogP) is 1.20. The van der Waals surface area contributed by atoms with Gasteiger partial charge in [-0.1, -0.05) is 0 Å². The smallest absolute Gasteiger partial charge is 0.167 e. The van der Waals surface area contributed by atoms with Crippen LogP contribution < -0.4 is 5.73 Å². The van der Waals surface area contributed by atoms with Crippen molar-refractivity contribution in [3.8, 4) is 0 Å². The SMILES string of the molecule is CC(N)c1nc2n(n1)C(C)CCC2. The van der Waals surface area contributed by atoms with Crippen molar-refractivity contribution in [3.63, 3.8) is 0 Å². The molecule has 4 nitrogen and oxygen atoms in total. The van der Waals surface area contributed by atoms with Gasteiger partial charge < -0.3 is 5.73 Å². The molecule has 0 fully saturated rings. The summed E-state index contributed by atoms with van der Waals surface area (Å²) < 4.78 is 2.03. The van der Waals surface area contributed by atoms with E-state index in [1.165, 1.54) is 12.8 Å². The van der Waals surface area contributed by atoms with Gasteiger partial charge in [-0.05, 0) is 26.7 Å². The van der Waals surface area contributed by atoms with Crippen LogP contribution in [0.5, 0.6) is 0 Å². The molecule has 4 heteroatoms. The van der Waals surface area contributed by atoms with Gasteiger partial charge in [0.2, 0.25) is 0 Å². The molecule has 2 unspecified atom stereocenters. The van der Waals surface area contributed by atoms with E-state index in [0.717, 1.165) is 18.1 Å². The van der Waals surface area contributed by atoms with Crippen LogP contribution in [0.15, 0.2) is 0 Å². The second-order valence-electron chi connectivity index (χ2n) is 3.86. The third-order valence-corrected chi connectivity index (χ3v) is 2.57. The maximum Gasteiger partial charge on any atom is 0.167 e. The zero-order valence-electron chi connectivity index (χ0n) is 8.20. The van der Waals surface area contributed by atoms with Gasteiger partial charge in [0.15, 0.2) is 5.82 Å². The molecule has 2 rings (SSSR count). The Morgan fingerprint density at radius 3 is 3.00 bits per heavy atom. The number of fused-ring (bicyclic) bond motifs is 1. The Kier molecular flexibility index (Phi) is 2.07. The standard InChI is InChI=1S/C9H16N4/c1-6-4-3-5-8-11-9(7(2)10)12-13(6)8/h6-7H,3-5,10H2,1-2H3. The zero-order chi connectivity index (χ0) is 9.42. The van der Waals surface area contributed by atoms with E-state index in [9.17, 15) is 0 Å². The van der Waals surface area contributed by atoms with E-state index in [2.05, 4.69) is 17.0 Å². The Bertz CT molecular complexity index is 303. The van der Waals surface area contributed by atoms with Crippen LogP contribution in [0, 0.1) is 0 Å². The summed E-state index contributed by atoms with van der Waals surface area (Å²) in [6.45, 7) is 4.11. The molecule has 0 saturated carbocycles. The van der Waals surface area contributed by atoms with E-state index in [4.69, 9.17) is 5.73 Å². The van der Waals surface area contributed by atoms with Crippen LogP contribution in [-0.2, 0) is 6.42 Å². The van der Waals surface area contributed by atoms with Gasteiger partial charge >= 0.3 is 0 Å². The minimum atomic E-state index is -0.0506. The number of hydrogen-bond acceptors (Lipinski definition) is 3. The first-order chi connectivity index (χ1) is 6.18. The van der Waals surface area contributed by atoms with Crippen LogP contribution in [0.3, 0.4) is 0 Å². The van der Waals surface area contributed by atoms with Crippen LogP contribution in [0.2, 0.25) is 0 Å². The van der Waals surface area contributed by atoms with Crippen LogP contribution in [0.4, 0.5) is 0 Å². The lowest BCUT2D eigenvalue weighted by Gasteiger charge is -2.18. The minimum Gasteiger partial charge on any atom is -0.321 e. The van der Waals surface area contributed by atoms with Crippen LogP contribution >= 0.6 is 0 Å². The van der Waals surface area contributed by atoms with Crippen LogP contribution in [0.25, 0.3) is 0 Å². The van der Waals surface area contributed by atoms with Gasteiger partial charge in [-0.2, -0.15) is 5.10 Å². The molecule has 1 aliphatic rings. The normalized spacial score (nSPS) is 24.1. The first-order valence-electron chi connectivity index (χ1n) is 4.89. The number of aryl methyl sites for hydroxylation is 1. The molecule has 72 valence electrons. The summed E-state index contributed by atoms with van der Waals surface area (Å²) in [6, 6.07) is 0.439. The Morgan fingerprint density at radius 2 is 2.38 bits per heavy atom. The molecule has 2 N–H and O–H groups in total. The van der Waals surface area contributed by atoms with Crippen molar-refractivity contribution in [1.29, 1.82) is 0 Å². The number of aromatic nitrogens is 3. The highest BCUT2D eigenvalue weighted by atomic mass is 15.4. The third kappa shape index (κ3) is 1.46. The molecular formula is C9H16N4. The van der Waals surface area contributed by atoms with Crippen LogP contribution in [0.1, 0.15) is 50.4 Å². The summed E-state index contributed by atoms with van der Waals surface area (Å²) in [6.07, 6.45) is 3.47. The van der Waals surface area contributed by atoms with Crippen molar-refractivity contribution in [2.75, 3.05) is 0 Å². The second-order valence-corrected chi connectivity index (χ2v) is 3.86. The van der Waals surface area contributed by atoms with Crippen molar-refractivity contribution in [1.82, 2.24) is 14.8 Å². The fourth-order valence-corrected chi connectivity index (χ4v) is 1.77. The fraction of sp³-hybridized carbons (Fsp3) is 0.778. The van der Waals surface area contributed by atoms with Gasteiger partial charge in [0.1, 0.15) is 5.82 Å². The number of nitrogens with two attached hydrogens (primary N) is 1. The molecule has 1 aromatic heterocycles. The molecule has 0 amide bonds. The van der Waals surface area contributed by atoms with E-state index in [0.29, 0.717) is 6.04 Å². The molecule has 0 spiro atoms. The molecule has 0 radical (unpaired) electrons. The highest BCUT2D eigenvalue weighted by Gasteiger charge is 2.20. The number of nitrogens with zero attached hydrogens (tertiary/aromatic N) is 3. The summed E-state index contributed by atoms with van der Waals surface area (Å²) in [4.78, 5) is 4.43. The van der Waals surface area contributed by atoms with Crippen molar-refractivity contribution in [2.45, 2.75) is 45.2 Å². The summed E-state index contributed by atoms with van der Waals surface area (Å²) in [5.74, 6) is 1.88. The van der Waals surface area contributed by atoms with E-state index >= 15 is 0 Å². The molecule has 0 saturated heterocycles. The first kappa shape index (κ1) is 8.69. The van der Waals surface area contributed by atoms with Gasteiger partial charge in [-0.15, -0.1) is 0 Å². The van der Waals surface area contributed by atoms with Crippen molar-refractivity contribution in [3.05, 3.63) is 11.6 Å². The van der Waals surface area contributed by atoms with Gasteiger partial charge in [0.25, 0.3) is 0 Å². The first-order valence-corrected chi connectivity index (χ1v) is 4.89. The molecule has 2 atom stereocenters. The van der Waals surface area contributed by atoms with E-state index in [-0.39, 0.29) is 6.04 Å². The van der Waals surface area contributed by atoms with Crippen molar-refractivity contribution in [2.24, 2.45) is 5.73 Å². The maximum atomic E-state index is 5.73. The molecular weight excluding hydrogens is 164 g/mol. The summed E-state index contributed by atoms with van der Waals surface area (Å²) in [5.41, 5.74) is 5.73. The Morgan fingerprint density at radius 1 is 1.62 bits per heavy atom. The van der Waals surface area contributed by atoms with E-state index in [1.807, 2.05) is 11.6 Å². The highest BCUT2D eigenvalue weighted by molar-refractivity contribution is 5.00. The Balaban J connectivity index is 2.36. The van der Waals surface area contributed by atoms with Crippen LogP contribution in [-0.4, -0.2) is 14.8 Å². The third-order valence-electron chi connectivity index (χ3n) is 2.57. The lowest BCUT2D eigenvalue weighted by molar-refractivity contribution is 0.386. The minimum absolute atomic E-state index is 0.0506. The quantitative estimate of drug-likeness (QED) is 0.706. The highest BCUT2D eigenvalue weighted by Crippen LogP contribution is 2.23. The van der Waals surface area contributed by atoms with Crippen molar-refractivity contribution < 1.29 is 0 Å². The molecule has 1 aliphatic heterocycles. The number of hydrogen-bond donors (Lipinski definition) is 1. The molecule has 0 bridgehead atoms. The Labute approximate surface area is 78.1 Å².